The molecule has 0 fully saturated rings. The van der Waals surface area contributed by atoms with E-state index in [2.05, 4.69) is 15.0 Å². The SMILES string of the molecule is Fc1ccc(-c2cnc(SCc3cn4cc(Cl)ccc4n3)[nH]2)cc1. The van der Waals surface area contributed by atoms with Crippen LogP contribution in [-0.4, -0.2) is 19.4 Å². The molecule has 7 heteroatoms. The fraction of sp³-hybridized carbons (Fsp3) is 0.0588. The molecule has 4 aromatic rings. The van der Waals surface area contributed by atoms with Crippen molar-refractivity contribution in [3.63, 3.8) is 0 Å². The third-order valence-corrected chi connectivity index (χ3v) is 4.67. The van der Waals surface area contributed by atoms with E-state index in [-0.39, 0.29) is 5.82 Å². The maximum atomic E-state index is 13.0. The number of fused-ring (bicyclic) bond motifs is 1. The van der Waals surface area contributed by atoms with Crippen LogP contribution >= 0.6 is 23.4 Å². The van der Waals surface area contributed by atoms with Gasteiger partial charge in [-0.25, -0.2) is 14.4 Å². The normalized spacial score (nSPS) is 11.2. The first-order valence-corrected chi connectivity index (χ1v) is 8.60. The molecule has 1 aromatic carbocycles. The number of nitrogens with one attached hydrogen (secondary N) is 1. The van der Waals surface area contributed by atoms with Crippen molar-refractivity contribution in [1.82, 2.24) is 19.4 Å². The highest BCUT2D eigenvalue weighted by Crippen LogP contribution is 2.24. The zero-order valence-electron chi connectivity index (χ0n) is 12.4. The van der Waals surface area contributed by atoms with Gasteiger partial charge in [-0.3, -0.25) is 0 Å². The van der Waals surface area contributed by atoms with E-state index in [0.717, 1.165) is 27.8 Å². The summed E-state index contributed by atoms with van der Waals surface area (Å²) in [6, 6.07) is 10.0. The molecule has 120 valence electrons. The number of hydrogen-bond donors (Lipinski definition) is 1. The second kappa shape index (κ2) is 6.30. The van der Waals surface area contributed by atoms with Crippen LogP contribution in [-0.2, 0) is 5.75 Å². The highest BCUT2D eigenvalue weighted by atomic mass is 35.5. The van der Waals surface area contributed by atoms with Crippen molar-refractivity contribution in [2.45, 2.75) is 10.9 Å². The fourth-order valence-electron chi connectivity index (χ4n) is 2.38. The minimum atomic E-state index is -0.250. The van der Waals surface area contributed by atoms with Gasteiger partial charge in [-0.1, -0.05) is 23.4 Å². The second-order valence-corrected chi connectivity index (χ2v) is 6.64. The van der Waals surface area contributed by atoms with Crippen molar-refractivity contribution >= 4 is 29.0 Å². The Hall–Kier alpha value is -2.31. The van der Waals surface area contributed by atoms with Crippen LogP contribution in [0.2, 0.25) is 5.02 Å². The van der Waals surface area contributed by atoms with Gasteiger partial charge in [0.1, 0.15) is 11.5 Å². The molecule has 0 bridgehead atoms. The van der Waals surface area contributed by atoms with Crippen molar-refractivity contribution in [2.24, 2.45) is 0 Å². The average Bonchev–Trinajstić information content (AvgIpc) is 3.19. The topological polar surface area (TPSA) is 46.0 Å². The minimum Gasteiger partial charge on any atom is -0.333 e. The third-order valence-electron chi connectivity index (χ3n) is 3.53. The number of nitrogens with zero attached hydrogens (tertiary/aromatic N) is 3. The van der Waals surface area contributed by atoms with Crippen LogP contribution in [0.15, 0.2) is 60.1 Å². The van der Waals surface area contributed by atoms with Crippen molar-refractivity contribution in [3.05, 3.63) is 71.5 Å². The quantitative estimate of drug-likeness (QED) is 0.532. The highest BCUT2D eigenvalue weighted by Gasteiger charge is 2.07. The summed E-state index contributed by atoms with van der Waals surface area (Å²) >= 11 is 7.54. The zero-order chi connectivity index (χ0) is 16.5. The molecular formula is C17H12ClFN4S. The van der Waals surface area contributed by atoms with E-state index in [4.69, 9.17) is 11.6 Å². The van der Waals surface area contributed by atoms with Crippen LogP contribution < -0.4 is 0 Å². The molecule has 0 aliphatic rings. The first kappa shape index (κ1) is 15.2. The van der Waals surface area contributed by atoms with Crippen LogP contribution in [0.5, 0.6) is 0 Å². The number of pyridine rings is 1. The summed E-state index contributed by atoms with van der Waals surface area (Å²) in [4.78, 5) is 12.1. The van der Waals surface area contributed by atoms with Gasteiger partial charge in [0, 0.05) is 18.1 Å². The van der Waals surface area contributed by atoms with Crippen molar-refractivity contribution < 1.29 is 4.39 Å². The van der Waals surface area contributed by atoms with E-state index in [0.29, 0.717) is 10.8 Å². The van der Waals surface area contributed by atoms with Crippen LogP contribution in [0.4, 0.5) is 4.39 Å². The summed E-state index contributed by atoms with van der Waals surface area (Å²) < 4.78 is 14.9. The monoisotopic (exact) mass is 358 g/mol. The fourth-order valence-corrected chi connectivity index (χ4v) is 3.28. The maximum Gasteiger partial charge on any atom is 0.166 e. The van der Waals surface area contributed by atoms with Crippen molar-refractivity contribution in [1.29, 1.82) is 0 Å². The molecule has 1 N–H and O–H groups in total. The molecule has 0 aliphatic carbocycles. The first-order chi connectivity index (χ1) is 11.7. The smallest absolute Gasteiger partial charge is 0.166 e. The van der Waals surface area contributed by atoms with Crippen LogP contribution in [0, 0.1) is 5.82 Å². The van der Waals surface area contributed by atoms with Crippen LogP contribution in [0.1, 0.15) is 5.69 Å². The Morgan fingerprint density at radius 1 is 1.12 bits per heavy atom. The first-order valence-electron chi connectivity index (χ1n) is 7.24. The Kier molecular flexibility index (Phi) is 4.00. The molecular weight excluding hydrogens is 347 g/mol. The summed E-state index contributed by atoms with van der Waals surface area (Å²) in [5.41, 5.74) is 3.57. The van der Waals surface area contributed by atoms with Gasteiger partial charge in [0.25, 0.3) is 0 Å². The van der Waals surface area contributed by atoms with Crippen LogP contribution in [0.3, 0.4) is 0 Å². The molecule has 0 radical (unpaired) electrons. The molecule has 0 spiro atoms. The molecule has 0 saturated heterocycles. The Balaban J connectivity index is 1.48. The molecule has 0 amide bonds. The predicted octanol–water partition coefficient (Wildman–Crippen LogP) is 4.81. The number of thioether (sulfide) groups is 1. The Morgan fingerprint density at radius 2 is 1.96 bits per heavy atom. The van der Waals surface area contributed by atoms with Gasteiger partial charge in [0.2, 0.25) is 0 Å². The van der Waals surface area contributed by atoms with Gasteiger partial charge in [-0.15, -0.1) is 0 Å². The molecule has 24 heavy (non-hydrogen) atoms. The summed E-state index contributed by atoms with van der Waals surface area (Å²) in [6.45, 7) is 0. The molecule has 4 nitrogen and oxygen atoms in total. The molecule has 3 aromatic heterocycles. The predicted molar refractivity (Wildman–Crippen MR) is 93.7 cm³/mol. The maximum absolute atomic E-state index is 13.0. The zero-order valence-corrected chi connectivity index (χ0v) is 14.0. The van der Waals surface area contributed by atoms with Gasteiger partial charge in [0.05, 0.1) is 22.6 Å². The Bertz CT molecular complexity index is 993. The number of hydrogen-bond acceptors (Lipinski definition) is 3. The molecule has 0 saturated carbocycles. The van der Waals surface area contributed by atoms with E-state index in [9.17, 15) is 4.39 Å². The lowest BCUT2D eigenvalue weighted by Crippen LogP contribution is -1.82. The van der Waals surface area contributed by atoms with E-state index in [1.165, 1.54) is 12.1 Å². The van der Waals surface area contributed by atoms with Gasteiger partial charge in [0.15, 0.2) is 5.16 Å². The van der Waals surface area contributed by atoms with E-state index >= 15 is 0 Å². The van der Waals surface area contributed by atoms with Crippen LogP contribution in [0.25, 0.3) is 16.9 Å². The molecule has 0 atom stereocenters. The number of aromatic nitrogens is 4. The lowest BCUT2D eigenvalue weighted by Gasteiger charge is -1.97. The van der Waals surface area contributed by atoms with Gasteiger partial charge in [-0.05, 0) is 42.0 Å². The van der Waals surface area contributed by atoms with Gasteiger partial charge in [-0.2, -0.15) is 0 Å². The third kappa shape index (κ3) is 3.16. The number of H-pyrrole nitrogens is 1. The van der Waals surface area contributed by atoms with E-state index in [1.54, 1.807) is 30.1 Å². The number of halogens is 2. The molecule has 0 aliphatic heterocycles. The molecule has 0 unspecified atom stereocenters. The number of benzene rings is 1. The summed E-state index contributed by atoms with van der Waals surface area (Å²) in [6.07, 6.45) is 5.54. The van der Waals surface area contributed by atoms with E-state index in [1.807, 2.05) is 28.9 Å². The van der Waals surface area contributed by atoms with Crippen molar-refractivity contribution in [2.75, 3.05) is 0 Å². The number of aromatic amines is 1. The lowest BCUT2D eigenvalue weighted by molar-refractivity contribution is 0.628. The largest absolute Gasteiger partial charge is 0.333 e. The highest BCUT2D eigenvalue weighted by molar-refractivity contribution is 7.98. The summed E-state index contributed by atoms with van der Waals surface area (Å²) in [5, 5.41) is 1.47. The van der Waals surface area contributed by atoms with E-state index < -0.39 is 0 Å². The van der Waals surface area contributed by atoms with Gasteiger partial charge < -0.3 is 9.38 Å². The number of rotatable bonds is 4. The average molecular weight is 359 g/mol. The van der Waals surface area contributed by atoms with Gasteiger partial charge >= 0.3 is 0 Å². The summed E-state index contributed by atoms with van der Waals surface area (Å²) in [7, 11) is 0. The Labute approximate surface area is 146 Å². The molecule has 3 heterocycles. The Morgan fingerprint density at radius 3 is 2.79 bits per heavy atom. The minimum absolute atomic E-state index is 0.250. The number of imidazole rings is 2. The second-order valence-electron chi connectivity index (χ2n) is 5.24. The van der Waals surface area contributed by atoms with Crippen molar-refractivity contribution in [3.8, 4) is 11.3 Å². The lowest BCUT2D eigenvalue weighted by atomic mass is 10.2. The standard InChI is InChI=1S/C17H12ClFN4S/c18-12-3-6-16-21-14(9-23(16)8-12)10-24-17-20-7-15(22-17)11-1-4-13(19)5-2-11/h1-9H,10H2,(H,20,22). The molecule has 4 rings (SSSR count). The summed E-state index contributed by atoms with van der Waals surface area (Å²) in [5.74, 6) is 0.440.